The van der Waals surface area contributed by atoms with Crippen LogP contribution in [0.5, 0.6) is 0 Å². The van der Waals surface area contributed by atoms with Gasteiger partial charge in [-0.3, -0.25) is 0 Å². The van der Waals surface area contributed by atoms with Crippen molar-refractivity contribution in [2.75, 3.05) is 5.32 Å². The SMILES string of the molecule is Cc1nc([C@H](C)Nc2nc3cc(C(F)(F)F)c(Cl)cc3o2)n(-c2ccc(C#N)cn2)n1. The highest BCUT2D eigenvalue weighted by Gasteiger charge is 2.34. The molecule has 3 heterocycles. The van der Waals surface area contributed by atoms with Gasteiger partial charge in [-0.05, 0) is 32.0 Å². The van der Waals surface area contributed by atoms with E-state index in [0.717, 1.165) is 12.1 Å². The number of oxazole rings is 1. The van der Waals surface area contributed by atoms with Gasteiger partial charge in [0.2, 0.25) is 0 Å². The van der Waals surface area contributed by atoms with Gasteiger partial charge in [0.25, 0.3) is 6.01 Å². The number of alkyl halides is 3. The topological polar surface area (TPSA) is 105 Å². The van der Waals surface area contributed by atoms with Crippen LogP contribution in [0, 0.1) is 18.3 Å². The molecule has 0 aliphatic carbocycles. The summed E-state index contributed by atoms with van der Waals surface area (Å²) < 4.78 is 46.2. The van der Waals surface area contributed by atoms with Crippen LogP contribution in [0.25, 0.3) is 16.9 Å². The molecule has 0 saturated heterocycles. The van der Waals surface area contributed by atoms with Gasteiger partial charge in [0.1, 0.15) is 17.4 Å². The molecule has 4 rings (SSSR count). The Morgan fingerprint density at radius 3 is 2.68 bits per heavy atom. The Balaban J connectivity index is 1.65. The van der Waals surface area contributed by atoms with E-state index in [1.807, 2.05) is 6.07 Å². The lowest BCUT2D eigenvalue weighted by Crippen LogP contribution is -2.14. The first-order valence-electron chi connectivity index (χ1n) is 8.89. The number of hydrogen-bond donors (Lipinski definition) is 1. The highest BCUT2D eigenvalue weighted by Crippen LogP contribution is 2.37. The lowest BCUT2D eigenvalue weighted by atomic mass is 10.2. The molecule has 12 heteroatoms. The maximum Gasteiger partial charge on any atom is 0.417 e. The molecule has 0 fully saturated rings. The Morgan fingerprint density at radius 2 is 2.03 bits per heavy atom. The lowest BCUT2D eigenvalue weighted by molar-refractivity contribution is -0.137. The standard InChI is InChI=1S/C19H13ClF3N7O/c1-9(17-27-10(2)29-30(17)16-4-3-11(7-24)8-25-16)26-18-28-14-5-12(19(21,22)23)13(20)6-15(14)31-18/h3-6,8-9H,1-2H3,(H,26,28)/t9-/m0/s1. The monoisotopic (exact) mass is 447 g/mol. The van der Waals surface area contributed by atoms with Crippen molar-refractivity contribution < 1.29 is 17.6 Å². The average Bonchev–Trinajstić information content (AvgIpc) is 3.29. The summed E-state index contributed by atoms with van der Waals surface area (Å²) in [6.07, 6.45) is -3.19. The number of hydrogen-bond acceptors (Lipinski definition) is 7. The van der Waals surface area contributed by atoms with Crippen LogP contribution in [0.1, 0.15) is 35.7 Å². The third-order valence-electron chi connectivity index (χ3n) is 4.34. The molecule has 31 heavy (non-hydrogen) atoms. The molecule has 0 aliphatic heterocycles. The molecule has 3 aromatic heterocycles. The van der Waals surface area contributed by atoms with Gasteiger partial charge < -0.3 is 9.73 Å². The molecule has 0 bridgehead atoms. The van der Waals surface area contributed by atoms with Gasteiger partial charge in [0.15, 0.2) is 17.2 Å². The van der Waals surface area contributed by atoms with Crippen molar-refractivity contribution in [3.63, 3.8) is 0 Å². The molecular formula is C19H13ClF3N7O. The van der Waals surface area contributed by atoms with Gasteiger partial charge >= 0.3 is 6.18 Å². The Bertz CT molecular complexity index is 1310. The fraction of sp³-hybridized carbons (Fsp3) is 0.211. The van der Waals surface area contributed by atoms with E-state index in [1.54, 1.807) is 26.0 Å². The Labute approximate surface area is 178 Å². The number of fused-ring (bicyclic) bond motifs is 1. The maximum absolute atomic E-state index is 13.1. The number of rotatable bonds is 4. The van der Waals surface area contributed by atoms with Gasteiger partial charge in [-0.1, -0.05) is 11.6 Å². The average molecular weight is 448 g/mol. The number of aryl methyl sites for hydroxylation is 1. The Kier molecular flexibility index (Phi) is 5.02. The summed E-state index contributed by atoms with van der Waals surface area (Å²) in [5.74, 6) is 1.39. The molecule has 4 aromatic rings. The van der Waals surface area contributed by atoms with Crippen molar-refractivity contribution in [1.29, 1.82) is 5.26 Å². The summed E-state index contributed by atoms with van der Waals surface area (Å²) in [6.45, 7) is 3.46. The number of benzene rings is 1. The highest BCUT2D eigenvalue weighted by molar-refractivity contribution is 6.32. The second-order valence-corrected chi connectivity index (χ2v) is 7.04. The summed E-state index contributed by atoms with van der Waals surface area (Å²) in [5.41, 5.74) is -0.467. The van der Waals surface area contributed by atoms with Crippen molar-refractivity contribution in [2.24, 2.45) is 0 Å². The van der Waals surface area contributed by atoms with Crippen molar-refractivity contribution >= 4 is 28.7 Å². The molecular weight excluding hydrogens is 435 g/mol. The third-order valence-corrected chi connectivity index (χ3v) is 4.65. The van der Waals surface area contributed by atoms with Gasteiger partial charge in [-0.25, -0.2) is 9.97 Å². The van der Waals surface area contributed by atoms with Crippen LogP contribution in [-0.4, -0.2) is 24.7 Å². The molecule has 1 atom stereocenters. The minimum atomic E-state index is -4.60. The fourth-order valence-electron chi connectivity index (χ4n) is 2.94. The van der Waals surface area contributed by atoms with E-state index < -0.39 is 22.8 Å². The molecule has 158 valence electrons. The van der Waals surface area contributed by atoms with Crippen molar-refractivity contribution in [3.05, 3.63) is 58.3 Å². The fourth-order valence-corrected chi connectivity index (χ4v) is 3.20. The van der Waals surface area contributed by atoms with Crippen molar-refractivity contribution in [1.82, 2.24) is 24.7 Å². The maximum atomic E-state index is 13.1. The molecule has 0 saturated carbocycles. The molecule has 0 radical (unpaired) electrons. The highest BCUT2D eigenvalue weighted by atomic mass is 35.5. The second kappa shape index (κ2) is 7.55. The van der Waals surface area contributed by atoms with Crippen LogP contribution in [0.4, 0.5) is 19.2 Å². The van der Waals surface area contributed by atoms with Crippen LogP contribution in [0.15, 0.2) is 34.9 Å². The largest absolute Gasteiger partial charge is 0.423 e. The van der Waals surface area contributed by atoms with Crippen LogP contribution < -0.4 is 5.32 Å². The van der Waals surface area contributed by atoms with E-state index in [1.165, 1.54) is 10.9 Å². The Hall–Kier alpha value is -3.65. The van der Waals surface area contributed by atoms with E-state index in [0.29, 0.717) is 23.0 Å². The van der Waals surface area contributed by atoms with Crippen molar-refractivity contribution in [3.8, 4) is 11.9 Å². The van der Waals surface area contributed by atoms with E-state index in [4.69, 9.17) is 21.3 Å². The third kappa shape index (κ3) is 4.02. The number of halogens is 4. The molecule has 0 amide bonds. The number of nitriles is 1. The first kappa shape index (κ1) is 20.6. The van der Waals surface area contributed by atoms with E-state index >= 15 is 0 Å². The number of nitrogens with zero attached hydrogens (tertiary/aromatic N) is 6. The summed E-state index contributed by atoms with van der Waals surface area (Å²) in [7, 11) is 0. The number of nitrogens with one attached hydrogen (secondary N) is 1. The zero-order valence-corrected chi connectivity index (χ0v) is 16.8. The molecule has 0 spiro atoms. The van der Waals surface area contributed by atoms with Crippen molar-refractivity contribution in [2.45, 2.75) is 26.1 Å². The summed E-state index contributed by atoms with van der Waals surface area (Å²) in [5, 5.41) is 15.7. The zero-order chi connectivity index (χ0) is 22.3. The zero-order valence-electron chi connectivity index (χ0n) is 16.1. The quantitative estimate of drug-likeness (QED) is 0.477. The minimum Gasteiger partial charge on any atom is -0.423 e. The molecule has 0 aliphatic rings. The van der Waals surface area contributed by atoms with Gasteiger partial charge in [-0.15, -0.1) is 5.10 Å². The molecule has 8 nitrogen and oxygen atoms in total. The van der Waals surface area contributed by atoms with E-state index in [-0.39, 0.29) is 17.1 Å². The smallest absolute Gasteiger partial charge is 0.417 e. The van der Waals surface area contributed by atoms with Crippen LogP contribution in [-0.2, 0) is 6.18 Å². The van der Waals surface area contributed by atoms with E-state index in [9.17, 15) is 13.2 Å². The predicted molar refractivity (Wildman–Crippen MR) is 105 cm³/mol. The normalized spacial score (nSPS) is 12.7. The number of pyridine rings is 1. The first-order chi connectivity index (χ1) is 14.7. The number of anilines is 1. The van der Waals surface area contributed by atoms with Crippen LogP contribution in [0.2, 0.25) is 5.02 Å². The second-order valence-electron chi connectivity index (χ2n) is 6.63. The van der Waals surface area contributed by atoms with Gasteiger partial charge in [0.05, 0.1) is 22.2 Å². The van der Waals surface area contributed by atoms with Crippen LogP contribution in [0.3, 0.4) is 0 Å². The van der Waals surface area contributed by atoms with Crippen LogP contribution >= 0.6 is 11.6 Å². The molecule has 0 unspecified atom stereocenters. The lowest BCUT2D eigenvalue weighted by Gasteiger charge is -2.12. The molecule has 1 N–H and O–H groups in total. The predicted octanol–water partition coefficient (Wildman–Crippen LogP) is 4.83. The number of aromatic nitrogens is 5. The van der Waals surface area contributed by atoms with Gasteiger partial charge in [-0.2, -0.15) is 28.1 Å². The van der Waals surface area contributed by atoms with E-state index in [2.05, 4.69) is 25.4 Å². The minimum absolute atomic E-state index is 0.00196. The Morgan fingerprint density at radius 1 is 1.26 bits per heavy atom. The summed E-state index contributed by atoms with van der Waals surface area (Å²) in [6, 6.07) is 6.64. The first-order valence-corrected chi connectivity index (χ1v) is 9.27. The molecule has 1 aromatic carbocycles. The summed E-state index contributed by atoms with van der Waals surface area (Å²) >= 11 is 5.73. The summed E-state index contributed by atoms with van der Waals surface area (Å²) in [4.78, 5) is 12.7. The van der Waals surface area contributed by atoms with Gasteiger partial charge in [0, 0.05) is 12.3 Å².